The van der Waals surface area contributed by atoms with Gasteiger partial charge in [-0.15, -0.1) is 13.2 Å². The molecule has 0 fully saturated rings. The fourth-order valence-corrected chi connectivity index (χ4v) is 10.9. The van der Waals surface area contributed by atoms with E-state index in [1.165, 1.54) is 12.1 Å². The minimum absolute atomic E-state index is 0.00477. The van der Waals surface area contributed by atoms with E-state index in [1.54, 1.807) is 171 Å². The van der Waals surface area contributed by atoms with Gasteiger partial charge in [0, 0.05) is 98.2 Å². The van der Waals surface area contributed by atoms with Crippen LogP contribution in [0.1, 0.15) is 140 Å². The third kappa shape index (κ3) is 32.6. The van der Waals surface area contributed by atoms with E-state index in [0.717, 1.165) is 97.8 Å². The quantitative estimate of drug-likeness (QED) is 0.0684. The first kappa shape index (κ1) is 97.3. The highest BCUT2D eigenvalue weighted by molar-refractivity contribution is 5.52. The van der Waals surface area contributed by atoms with Crippen molar-refractivity contribution in [3.63, 3.8) is 0 Å². The SMILES string of the molecule is CCc1cc(C#N)ccc1Oc1ncc(C)cn1.CCc1cc(Oc2ccc(C)cn2)ccc1C#N.CCc1cc(Oc2ccc(C)cn2)ccc1C#N.Cc1ccc(Oc2ccc(C#N)c(OC(C)C)c2)nc1.Cc1ccc(Oc2ccc(C#N)c(OC(F)(F)F)c2)nc1.Cc1ccc(Oc2ccc(C#N)cc2C)nc1.Cc1cnc(Oc2ccc(C#N)cc2C)nc1. The zero-order chi connectivity index (χ0) is 93.4. The molecule has 648 valence electrons. The number of alkyl halides is 3. The van der Waals surface area contributed by atoms with Crippen molar-refractivity contribution in [1.29, 1.82) is 36.8 Å². The van der Waals surface area contributed by atoms with Gasteiger partial charge in [-0.2, -0.15) is 36.8 Å². The van der Waals surface area contributed by atoms with E-state index in [4.69, 9.17) is 74.7 Å². The number of aryl methyl sites for hydroxylation is 12. The highest BCUT2D eigenvalue weighted by Gasteiger charge is 2.32. The second-order valence-corrected chi connectivity index (χ2v) is 28.5. The zero-order valence-corrected chi connectivity index (χ0v) is 73.3. The van der Waals surface area contributed by atoms with E-state index in [2.05, 4.69) is 86.0 Å². The van der Waals surface area contributed by atoms with Crippen molar-refractivity contribution in [2.24, 2.45) is 0 Å². The van der Waals surface area contributed by atoms with Gasteiger partial charge in [-0.05, 0) is 277 Å². The number of hydrogen-bond donors (Lipinski definition) is 0. The molecule has 7 aromatic carbocycles. The van der Waals surface area contributed by atoms with E-state index in [1.807, 2.05) is 158 Å². The second kappa shape index (κ2) is 49.2. The van der Waals surface area contributed by atoms with Crippen LogP contribution in [-0.2, 0) is 19.3 Å². The van der Waals surface area contributed by atoms with Crippen molar-refractivity contribution < 1.29 is 55.8 Å². The molecule has 7 aromatic heterocycles. The van der Waals surface area contributed by atoms with Gasteiger partial charge in [-0.25, -0.2) is 44.9 Å². The van der Waals surface area contributed by atoms with Gasteiger partial charge >= 0.3 is 18.4 Å². The molecule has 0 spiro atoms. The molecule has 14 rings (SSSR count). The molecule has 0 unspecified atom stereocenters. The number of nitriles is 7. The lowest BCUT2D eigenvalue weighted by Crippen LogP contribution is -2.17. The molecule has 0 radical (unpaired) electrons. The average Bonchev–Trinajstić information content (AvgIpc) is 0.942. The van der Waals surface area contributed by atoms with Crippen LogP contribution in [0.4, 0.5) is 13.2 Å². The summed E-state index contributed by atoms with van der Waals surface area (Å²) in [6.45, 7) is 27.2. The highest BCUT2D eigenvalue weighted by atomic mass is 19.4. The summed E-state index contributed by atoms with van der Waals surface area (Å²) in [6, 6.07) is 68.8. The van der Waals surface area contributed by atoms with Crippen LogP contribution >= 0.6 is 0 Å². The number of hydrogen-bond acceptors (Lipinski definition) is 25. The molecule has 129 heavy (non-hydrogen) atoms. The maximum Gasteiger partial charge on any atom is 0.573 e. The maximum absolute atomic E-state index is 12.3. The molecule has 0 aliphatic carbocycles. The largest absolute Gasteiger partial charge is 0.573 e. The molecule has 0 aliphatic heterocycles. The Bertz CT molecular complexity index is 6170. The molecule has 0 saturated heterocycles. The predicted octanol–water partition coefficient (Wildman–Crippen LogP) is 24.2. The molecular formula is C101H89F3N16O9. The van der Waals surface area contributed by atoms with Crippen LogP contribution in [0.2, 0.25) is 0 Å². The standard InChI is InChI=1S/C16H16N2O2.2C15H14N2O.C14H9F3N2O2.C14H13N3O.C14H12N2O.C13H11N3O/c1-11(2)19-15-8-14(6-5-13(15)9-17)20-16-7-4-12(3)10-18-16;2*1-3-12-8-14(6-5-13(12)9-16)18-15-7-4-11(2)10-17-15;1-9-2-5-13(19-8-9)20-11-4-3-10(7-18)12(6-11)21-14(15,16)17;1-3-12-6-11(7-15)4-5-13(12)18-14-16-8-10(2)9-17-14;1-10-3-6-14(16-9-10)17-13-5-4-12(8-15)7-11(13)2;1-9-7-15-13(16-8-9)17-12-4-3-11(6-14)5-10(12)2/h4-8,10-11H,1-3H3;2*4-8,10H,3H2,1-2H3;2-6,8H,1H3;4-6,8-9H,3H2,1-2H3;3-7,9H,1-2H3;3-5,7-8H,1-2H3. The van der Waals surface area contributed by atoms with E-state index in [-0.39, 0.29) is 23.3 Å². The van der Waals surface area contributed by atoms with Crippen LogP contribution in [0.3, 0.4) is 0 Å². The Labute approximate surface area is 747 Å². The highest BCUT2D eigenvalue weighted by Crippen LogP contribution is 2.35. The number of benzene rings is 7. The fraction of sp³-hybridized carbons (Fsp3) is 0.188. The van der Waals surface area contributed by atoms with E-state index < -0.39 is 12.1 Å². The number of nitrogens with zero attached hydrogens (tertiary/aromatic N) is 16. The van der Waals surface area contributed by atoms with Crippen molar-refractivity contribution in [2.75, 3.05) is 0 Å². The van der Waals surface area contributed by atoms with Crippen molar-refractivity contribution in [2.45, 2.75) is 129 Å². The van der Waals surface area contributed by atoms with Gasteiger partial charge in [0.1, 0.15) is 58.1 Å². The molecule has 0 saturated carbocycles. The summed E-state index contributed by atoms with van der Waals surface area (Å²) in [6.07, 6.45) is 12.9. The molecule has 0 N–H and O–H groups in total. The van der Waals surface area contributed by atoms with Gasteiger partial charge in [-0.1, -0.05) is 51.1 Å². The Hall–Kier alpha value is -17.1. The van der Waals surface area contributed by atoms with Crippen LogP contribution in [-0.4, -0.2) is 57.3 Å². The van der Waals surface area contributed by atoms with Crippen molar-refractivity contribution in [3.05, 3.63) is 350 Å². The van der Waals surface area contributed by atoms with Crippen LogP contribution in [0.25, 0.3) is 0 Å². The topological polar surface area (TPSA) is 366 Å². The summed E-state index contributed by atoms with van der Waals surface area (Å²) in [5.74, 6) is 6.50. The van der Waals surface area contributed by atoms with Gasteiger partial charge in [0.15, 0.2) is 5.75 Å². The van der Waals surface area contributed by atoms with Crippen molar-refractivity contribution >= 4 is 0 Å². The summed E-state index contributed by atoms with van der Waals surface area (Å²) in [7, 11) is 0. The summed E-state index contributed by atoms with van der Waals surface area (Å²) in [4.78, 5) is 37.0. The lowest BCUT2D eigenvalue weighted by Gasteiger charge is -2.12. The first-order valence-electron chi connectivity index (χ1n) is 40.1. The average molecular weight is 1730 g/mol. The van der Waals surface area contributed by atoms with Gasteiger partial charge in [0.2, 0.25) is 29.4 Å². The lowest BCUT2D eigenvalue weighted by atomic mass is 10.1. The van der Waals surface area contributed by atoms with Crippen LogP contribution in [0.15, 0.2) is 244 Å². The Morgan fingerprint density at radius 2 is 0.574 bits per heavy atom. The van der Waals surface area contributed by atoms with Gasteiger partial charge in [-0.3, -0.25) is 0 Å². The molecule has 0 amide bonds. The Balaban J connectivity index is 0.000000186. The fourth-order valence-electron chi connectivity index (χ4n) is 10.9. The van der Waals surface area contributed by atoms with Crippen LogP contribution < -0.4 is 42.6 Å². The molecule has 14 aromatic rings. The van der Waals surface area contributed by atoms with E-state index in [9.17, 15) is 13.2 Å². The van der Waals surface area contributed by atoms with E-state index >= 15 is 0 Å². The lowest BCUT2D eigenvalue weighted by molar-refractivity contribution is -0.274. The smallest absolute Gasteiger partial charge is 0.489 e. The van der Waals surface area contributed by atoms with Gasteiger partial charge in [0.05, 0.1) is 75.4 Å². The maximum atomic E-state index is 12.3. The first-order valence-corrected chi connectivity index (χ1v) is 40.1. The van der Waals surface area contributed by atoms with Gasteiger partial charge < -0.3 is 42.6 Å². The molecule has 0 bridgehead atoms. The first-order chi connectivity index (χ1) is 62.0. The Morgan fingerprint density at radius 1 is 0.279 bits per heavy atom. The predicted molar refractivity (Wildman–Crippen MR) is 477 cm³/mol. The van der Waals surface area contributed by atoms with E-state index in [0.29, 0.717) is 103 Å². The van der Waals surface area contributed by atoms with Crippen LogP contribution in [0, 0.1) is 142 Å². The Morgan fingerprint density at radius 3 is 0.884 bits per heavy atom. The molecule has 28 heteroatoms. The third-order valence-corrected chi connectivity index (χ3v) is 17.5. The van der Waals surface area contributed by atoms with Crippen LogP contribution in [0.5, 0.6) is 93.2 Å². The third-order valence-electron chi connectivity index (χ3n) is 17.5. The Kier molecular flexibility index (Phi) is 37.1. The number of ether oxygens (including phenoxy) is 9. The van der Waals surface area contributed by atoms with Crippen molar-refractivity contribution in [1.82, 2.24) is 44.9 Å². The summed E-state index contributed by atoms with van der Waals surface area (Å²) < 4.78 is 85.3. The number of rotatable bonds is 20. The monoisotopic (exact) mass is 1730 g/mol. The summed E-state index contributed by atoms with van der Waals surface area (Å²) in [5, 5.41) is 62.1. The number of pyridine rings is 5. The number of halogens is 3. The molecule has 25 nitrogen and oxygen atoms in total. The molecule has 7 heterocycles. The van der Waals surface area contributed by atoms with Crippen molar-refractivity contribution in [3.8, 4) is 136 Å². The zero-order valence-electron chi connectivity index (χ0n) is 73.3. The minimum atomic E-state index is -4.88. The summed E-state index contributed by atoms with van der Waals surface area (Å²) in [5.41, 5.74) is 15.5. The molecular weight excluding hydrogens is 1640 g/mol. The minimum Gasteiger partial charge on any atom is -0.489 e. The molecule has 0 aliphatic rings. The normalized spacial score (nSPS) is 10.0. The van der Waals surface area contributed by atoms with Gasteiger partial charge in [0.25, 0.3) is 0 Å². The number of aromatic nitrogens is 9. The second-order valence-electron chi connectivity index (χ2n) is 28.5. The summed E-state index contributed by atoms with van der Waals surface area (Å²) >= 11 is 0. The molecule has 0 atom stereocenters.